The number of nitrogens with one attached hydrogen (secondary N) is 2. The summed E-state index contributed by atoms with van der Waals surface area (Å²) in [5.74, 6) is 1.12. The minimum atomic E-state index is -3.65. The average Bonchev–Trinajstić information content (AvgIpc) is 2.70. The summed E-state index contributed by atoms with van der Waals surface area (Å²) in [6.07, 6.45) is 2.47. The maximum absolute atomic E-state index is 12.4. The maximum atomic E-state index is 12.4. The van der Waals surface area contributed by atoms with Crippen LogP contribution < -0.4 is 14.8 Å². The molecule has 0 aliphatic carbocycles. The van der Waals surface area contributed by atoms with E-state index >= 15 is 0 Å². The summed E-state index contributed by atoms with van der Waals surface area (Å²) in [6, 6.07) is 18.1. The second-order valence-corrected chi connectivity index (χ2v) is 8.06. The lowest BCUT2D eigenvalue weighted by molar-refractivity contribution is 0.414. The lowest BCUT2D eigenvalue weighted by atomic mass is 10.1. The molecule has 0 saturated heterocycles. The molecule has 1 heterocycles. The summed E-state index contributed by atoms with van der Waals surface area (Å²) in [7, 11) is -2.00. The van der Waals surface area contributed by atoms with Gasteiger partial charge in [0.25, 0.3) is 10.0 Å². The van der Waals surface area contributed by atoms with E-state index in [1.165, 1.54) is 5.56 Å². The Labute approximate surface area is 165 Å². The van der Waals surface area contributed by atoms with E-state index in [-0.39, 0.29) is 10.7 Å². The van der Waals surface area contributed by atoms with Crippen molar-refractivity contribution < 1.29 is 13.2 Å². The summed E-state index contributed by atoms with van der Waals surface area (Å²) in [5, 5.41) is 3.28. The van der Waals surface area contributed by atoms with Crippen molar-refractivity contribution in [1.29, 1.82) is 0 Å². The molecule has 0 aliphatic heterocycles. The van der Waals surface area contributed by atoms with Crippen molar-refractivity contribution in [2.24, 2.45) is 0 Å². The average molecular weight is 398 g/mol. The summed E-state index contributed by atoms with van der Waals surface area (Å²) in [4.78, 5) is 4.41. The molecule has 0 bridgehead atoms. The van der Waals surface area contributed by atoms with Crippen LogP contribution in [0.5, 0.6) is 5.75 Å². The number of rotatable bonds is 8. The molecule has 0 radical (unpaired) electrons. The minimum Gasteiger partial charge on any atom is -0.497 e. The van der Waals surface area contributed by atoms with Gasteiger partial charge in [0.15, 0.2) is 0 Å². The van der Waals surface area contributed by atoms with Gasteiger partial charge >= 0.3 is 0 Å². The van der Waals surface area contributed by atoms with E-state index in [1.807, 2.05) is 37.3 Å². The lowest BCUT2D eigenvalue weighted by Gasteiger charge is -2.10. The molecule has 0 fully saturated rings. The fourth-order valence-corrected chi connectivity index (χ4v) is 3.79. The molecule has 7 heteroatoms. The number of benzene rings is 2. The highest BCUT2D eigenvalue weighted by molar-refractivity contribution is 7.92. The van der Waals surface area contributed by atoms with Crippen LogP contribution in [0.15, 0.2) is 71.8 Å². The predicted molar refractivity (Wildman–Crippen MR) is 111 cm³/mol. The van der Waals surface area contributed by atoms with Crippen LogP contribution in [-0.2, 0) is 16.4 Å². The van der Waals surface area contributed by atoms with Crippen LogP contribution in [0.25, 0.3) is 0 Å². The molecule has 3 rings (SSSR count). The normalized spacial score (nSPS) is 11.1. The molecule has 146 valence electrons. The van der Waals surface area contributed by atoms with Gasteiger partial charge in [0.2, 0.25) is 0 Å². The Morgan fingerprint density at radius 2 is 1.82 bits per heavy atom. The van der Waals surface area contributed by atoms with Gasteiger partial charge in [-0.3, -0.25) is 4.72 Å². The van der Waals surface area contributed by atoms with Gasteiger partial charge in [-0.2, -0.15) is 0 Å². The number of nitrogens with zero attached hydrogens (tertiary/aromatic N) is 1. The van der Waals surface area contributed by atoms with Crippen molar-refractivity contribution in [3.8, 4) is 5.75 Å². The molecule has 0 atom stereocenters. The fourth-order valence-electron chi connectivity index (χ4n) is 2.68. The van der Waals surface area contributed by atoms with Crippen molar-refractivity contribution in [1.82, 2.24) is 4.98 Å². The number of hydrogen-bond donors (Lipinski definition) is 2. The number of anilines is 2. The monoisotopic (exact) mass is 397 g/mol. The van der Waals surface area contributed by atoms with Gasteiger partial charge in [-0.1, -0.05) is 24.3 Å². The second kappa shape index (κ2) is 8.75. The maximum Gasteiger partial charge on any atom is 0.263 e. The first-order valence-electron chi connectivity index (χ1n) is 8.88. The number of sulfonamides is 1. The third kappa shape index (κ3) is 5.23. The van der Waals surface area contributed by atoms with E-state index in [4.69, 9.17) is 4.74 Å². The van der Waals surface area contributed by atoms with E-state index in [0.29, 0.717) is 0 Å². The summed E-state index contributed by atoms with van der Waals surface area (Å²) < 4.78 is 32.5. The van der Waals surface area contributed by atoms with Gasteiger partial charge in [-0.05, 0) is 60.9 Å². The van der Waals surface area contributed by atoms with Crippen LogP contribution in [0, 0.1) is 6.92 Å². The molecule has 0 spiro atoms. The highest BCUT2D eigenvalue weighted by atomic mass is 32.2. The Kier molecular flexibility index (Phi) is 6.16. The SMILES string of the molecule is COc1ccc(CCNc2ccc(NS(=O)(=O)c3cccc(C)c3)nc2)cc1. The van der Waals surface area contributed by atoms with Gasteiger partial charge in [0, 0.05) is 6.54 Å². The highest BCUT2D eigenvalue weighted by Gasteiger charge is 2.14. The smallest absolute Gasteiger partial charge is 0.263 e. The number of hydrogen-bond acceptors (Lipinski definition) is 5. The molecule has 0 aliphatic rings. The largest absolute Gasteiger partial charge is 0.497 e. The molecule has 2 N–H and O–H groups in total. The Morgan fingerprint density at radius 3 is 2.46 bits per heavy atom. The minimum absolute atomic E-state index is 0.219. The van der Waals surface area contributed by atoms with Crippen molar-refractivity contribution >= 4 is 21.5 Å². The van der Waals surface area contributed by atoms with E-state index < -0.39 is 10.0 Å². The van der Waals surface area contributed by atoms with E-state index in [2.05, 4.69) is 15.0 Å². The third-order valence-electron chi connectivity index (χ3n) is 4.20. The summed E-state index contributed by atoms with van der Waals surface area (Å²) >= 11 is 0. The van der Waals surface area contributed by atoms with Crippen molar-refractivity contribution in [3.05, 3.63) is 78.0 Å². The Morgan fingerprint density at radius 1 is 1.04 bits per heavy atom. The molecule has 0 saturated carbocycles. The van der Waals surface area contributed by atoms with Crippen LogP contribution in [0.1, 0.15) is 11.1 Å². The van der Waals surface area contributed by atoms with Crippen molar-refractivity contribution in [2.75, 3.05) is 23.7 Å². The Bertz CT molecular complexity index is 1020. The zero-order valence-corrected chi connectivity index (χ0v) is 16.7. The molecule has 0 amide bonds. The number of ether oxygens (including phenoxy) is 1. The number of methoxy groups -OCH3 is 1. The van der Waals surface area contributed by atoms with Crippen LogP contribution in [-0.4, -0.2) is 27.1 Å². The fraction of sp³-hybridized carbons (Fsp3) is 0.190. The van der Waals surface area contributed by atoms with Crippen molar-refractivity contribution in [3.63, 3.8) is 0 Å². The van der Waals surface area contributed by atoms with Crippen LogP contribution in [0.2, 0.25) is 0 Å². The quantitative estimate of drug-likeness (QED) is 0.603. The van der Waals surface area contributed by atoms with Crippen LogP contribution >= 0.6 is 0 Å². The summed E-state index contributed by atoms with van der Waals surface area (Å²) in [6.45, 7) is 2.59. The van der Waals surface area contributed by atoms with Crippen LogP contribution in [0.3, 0.4) is 0 Å². The molecule has 0 unspecified atom stereocenters. The zero-order chi connectivity index (χ0) is 20.0. The standard InChI is InChI=1S/C21H23N3O3S/c1-16-4-3-5-20(14-16)28(25,26)24-21-11-8-18(15-23-21)22-13-12-17-6-9-19(27-2)10-7-17/h3-11,14-15,22H,12-13H2,1-2H3,(H,23,24). The topological polar surface area (TPSA) is 80.3 Å². The first-order valence-corrected chi connectivity index (χ1v) is 10.4. The Balaban J connectivity index is 1.55. The van der Waals surface area contributed by atoms with Crippen molar-refractivity contribution in [2.45, 2.75) is 18.2 Å². The third-order valence-corrected chi connectivity index (χ3v) is 5.56. The predicted octanol–water partition coefficient (Wildman–Crippen LogP) is 3.85. The first kappa shape index (κ1) is 19.7. The lowest BCUT2D eigenvalue weighted by Crippen LogP contribution is -2.14. The first-order chi connectivity index (χ1) is 13.5. The zero-order valence-electron chi connectivity index (χ0n) is 15.8. The van der Waals surface area contributed by atoms with Gasteiger partial charge in [0.05, 0.1) is 23.9 Å². The Hall–Kier alpha value is -3.06. The van der Waals surface area contributed by atoms with E-state index in [0.717, 1.165) is 30.0 Å². The molecule has 6 nitrogen and oxygen atoms in total. The number of aromatic nitrogens is 1. The molecular formula is C21H23N3O3S. The van der Waals surface area contributed by atoms with Gasteiger partial charge in [-0.15, -0.1) is 0 Å². The molecular weight excluding hydrogens is 374 g/mol. The number of pyridine rings is 1. The van der Waals surface area contributed by atoms with Gasteiger partial charge in [-0.25, -0.2) is 13.4 Å². The summed E-state index contributed by atoms with van der Waals surface area (Å²) in [5.41, 5.74) is 2.91. The van der Waals surface area contributed by atoms with Crippen LogP contribution in [0.4, 0.5) is 11.5 Å². The molecule has 28 heavy (non-hydrogen) atoms. The second-order valence-electron chi connectivity index (χ2n) is 6.38. The molecule has 1 aromatic heterocycles. The molecule has 3 aromatic rings. The molecule has 2 aromatic carbocycles. The van der Waals surface area contributed by atoms with E-state index in [9.17, 15) is 8.42 Å². The van der Waals surface area contributed by atoms with Gasteiger partial charge in [0.1, 0.15) is 11.6 Å². The number of aryl methyl sites for hydroxylation is 1. The van der Waals surface area contributed by atoms with Gasteiger partial charge < -0.3 is 10.1 Å². The highest BCUT2D eigenvalue weighted by Crippen LogP contribution is 2.17. The van der Waals surface area contributed by atoms with E-state index in [1.54, 1.807) is 43.6 Å².